The van der Waals surface area contributed by atoms with Crippen LogP contribution in [0.1, 0.15) is 82.0 Å². The van der Waals surface area contributed by atoms with Gasteiger partial charge in [0.05, 0.1) is 12.9 Å². The first-order valence-electron chi connectivity index (χ1n) is 19.0. The lowest BCUT2D eigenvalue weighted by molar-refractivity contribution is -0.133. The largest absolute Gasteiger partial charge is 0.367 e. The quantitative estimate of drug-likeness (QED) is 0.109. The Morgan fingerprint density at radius 3 is 2.32 bits per heavy atom. The van der Waals surface area contributed by atoms with E-state index in [9.17, 15) is 9.59 Å². The van der Waals surface area contributed by atoms with Crippen LogP contribution in [-0.2, 0) is 16.1 Å². The number of benzene rings is 2. The number of likely N-dealkylation sites (N-methyl/N-ethyl adjacent to an activating group) is 1. The second-order valence-corrected chi connectivity index (χ2v) is 13.7. The first-order chi connectivity index (χ1) is 25.9. The third-order valence-corrected chi connectivity index (χ3v) is 10.0. The molecule has 53 heavy (non-hydrogen) atoms. The molecule has 0 bridgehead atoms. The number of urea groups is 1. The van der Waals surface area contributed by atoms with Crippen LogP contribution in [0.3, 0.4) is 0 Å². The van der Waals surface area contributed by atoms with Crippen molar-refractivity contribution < 1.29 is 14.3 Å². The number of carbonyl (C=O) groups is 2. The van der Waals surface area contributed by atoms with Crippen molar-refractivity contribution in [2.75, 3.05) is 38.0 Å². The summed E-state index contributed by atoms with van der Waals surface area (Å²) in [5, 5.41) is 12.6. The van der Waals surface area contributed by atoms with Gasteiger partial charge in [-0.1, -0.05) is 91.4 Å². The number of hydrogen-bond donors (Lipinski definition) is 4. The van der Waals surface area contributed by atoms with Gasteiger partial charge < -0.3 is 26.0 Å². The first-order valence-corrected chi connectivity index (χ1v) is 19.0. The molecule has 0 radical (unpaired) electrons. The molecule has 2 saturated heterocycles. The minimum atomic E-state index is -0.533. The maximum atomic E-state index is 13.2. The maximum Gasteiger partial charge on any atom is 0.315 e. The fourth-order valence-electron chi connectivity index (χ4n) is 7.11. The van der Waals surface area contributed by atoms with Gasteiger partial charge in [0.15, 0.2) is 22.8 Å². The lowest BCUT2D eigenvalue weighted by Gasteiger charge is -2.32. The number of carbonyl (C=O) groups excluding carboxylic acids is 2. The molecule has 12 nitrogen and oxygen atoms in total. The van der Waals surface area contributed by atoms with Crippen LogP contribution in [0.2, 0.25) is 0 Å². The molecule has 6 rings (SSSR count). The Hall–Kier alpha value is -5.07. The summed E-state index contributed by atoms with van der Waals surface area (Å²) < 4.78 is 8.08. The van der Waals surface area contributed by atoms with Gasteiger partial charge in [-0.2, -0.15) is 0 Å². The predicted octanol–water partition coefficient (Wildman–Crippen LogP) is 6.06. The second kappa shape index (κ2) is 18.6. The molecule has 2 aliphatic rings. The van der Waals surface area contributed by atoms with Gasteiger partial charge in [0.2, 0.25) is 5.91 Å². The molecule has 2 aromatic heterocycles. The van der Waals surface area contributed by atoms with Crippen molar-refractivity contribution in [2.24, 2.45) is 0 Å². The number of anilines is 1. The molecule has 12 heteroatoms. The van der Waals surface area contributed by atoms with Gasteiger partial charge in [0.1, 0.15) is 12.3 Å². The monoisotopic (exact) mass is 719 g/mol. The first kappa shape index (κ1) is 37.7. The topological polar surface area (TPSA) is 138 Å². The summed E-state index contributed by atoms with van der Waals surface area (Å²) in [4.78, 5) is 42.7. The fourth-order valence-corrected chi connectivity index (χ4v) is 7.11. The number of nitrogens with zero attached hydrogens (tertiary/aromatic N) is 5. The van der Waals surface area contributed by atoms with Crippen LogP contribution in [0.5, 0.6) is 0 Å². The zero-order valence-electron chi connectivity index (χ0n) is 31.1. The van der Waals surface area contributed by atoms with E-state index in [0.717, 1.165) is 38.9 Å². The average molecular weight is 720 g/mol. The van der Waals surface area contributed by atoms with E-state index in [2.05, 4.69) is 99.8 Å². The van der Waals surface area contributed by atoms with Crippen molar-refractivity contribution in [1.82, 2.24) is 40.4 Å². The molecule has 4 heterocycles. The van der Waals surface area contributed by atoms with Crippen molar-refractivity contribution in [3.05, 3.63) is 108 Å². The SMILES string of the molecule is C/C=C\C=C(/CC)CN1CCC(NC(=O)NCc2nc(NCC(c3ccccc3)c3ccccc3)c3ncn(C4CCC(C(=O)NCC)O4)c3n2)CC1. The normalized spacial score (nSPS) is 18.5. The number of amides is 3. The highest BCUT2D eigenvalue weighted by Crippen LogP contribution is 2.32. The van der Waals surface area contributed by atoms with Crippen LogP contribution in [0.4, 0.5) is 10.6 Å². The zero-order chi connectivity index (χ0) is 37.0. The summed E-state index contributed by atoms with van der Waals surface area (Å²) in [7, 11) is 0. The van der Waals surface area contributed by atoms with Crippen LogP contribution in [0.15, 0.2) is 90.8 Å². The minimum Gasteiger partial charge on any atom is -0.367 e. The molecule has 2 aromatic carbocycles. The Morgan fingerprint density at radius 2 is 1.66 bits per heavy atom. The molecule has 0 spiro atoms. The Morgan fingerprint density at radius 1 is 0.943 bits per heavy atom. The van der Waals surface area contributed by atoms with Crippen LogP contribution in [0.25, 0.3) is 11.2 Å². The van der Waals surface area contributed by atoms with E-state index in [0.29, 0.717) is 48.7 Å². The van der Waals surface area contributed by atoms with E-state index in [4.69, 9.17) is 19.7 Å². The molecule has 280 valence electrons. The standard InChI is InChI=1S/C41H53N9O3/c1-4-7-14-29(5-2)27-49-23-21-32(22-24-49)46-41(52)44-26-35-47-38(43-25-33(30-15-10-8-11-16-30)31-17-12-9-13-18-31)37-39(48-35)50(28-45-37)36-20-19-34(53-36)40(51)42-6-3/h4,7-18,28,32-34,36H,5-6,19-27H2,1-3H3,(H,42,51)(H,43,47,48)(H2,44,46,52)/b7-4-,29-14+. The summed E-state index contributed by atoms with van der Waals surface area (Å²) >= 11 is 0. The molecule has 2 fully saturated rings. The van der Waals surface area contributed by atoms with Gasteiger partial charge in [-0.25, -0.2) is 19.7 Å². The molecule has 4 aromatic rings. The van der Waals surface area contributed by atoms with Gasteiger partial charge in [0, 0.05) is 44.7 Å². The number of nitrogens with one attached hydrogen (secondary N) is 4. The van der Waals surface area contributed by atoms with Gasteiger partial charge in [-0.05, 0) is 57.1 Å². The highest BCUT2D eigenvalue weighted by molar-refractivity contribution is 5.84. The molecule has 2 unspecified atom stereocenters. The van der Waals surface area contributed by atoms with Crippen molar-refractivity contribution in [3.63, 3.8) is 0 Å². The van der Waals surface area contributed by atoms with Crippen molar-refractivity contribution >= 4 is 28.9 Å². The third-order valence-electron chi connectivity index (χ3n) is 10.0. The van der Waals surface area contributed by atoms with E-state index < -0.39 is 12.3 Å². The molecule has 0 aliphatic carbocycles. The number of ether oxygens (including phenoxy) is 1. The summed E-state index contributed by atoms with van der Waals surface area (Å²) in [6.07, 6.45) is 11.2. The molecular weight excluding hydrogens is 667 g/mol. The van der Waals surface area contributed by atoms with Crippen molar-refractivity contribution in [3.8, 4) is 0 Å². The number of rotatable bonds is 15. The van der Waals surface area contributed by atoms with Crippen LogP contribution < -0.4 is 21.3 Å². The number of allylic oxidation sites excluding steroid dienone is 3. The van der Waals surface area contributed by atoms with E-state index in [-0.39, 0.29) is 30.4 Å². The van der Waals surface area contributed by atoms with E-state index in [1.165, 1.54) is 16.7 Å². The molecule has 3 amide bonds. The van der Waals surface area contributed by atoms with Gasteiger partial charge >= 0.3 is 6.03 Å². The molecule has 2 aliphatic heterocycles. The second-order valence-electron chi connectivity index (χ2n) is 13.7. The number of likely N-dealkylation sites (tertiary alicyclic amines) is 1. The highest BCUT2D eigenvalue weighted by Gasteiger charge is 2.33. The van der Waals surface area contributed by atoms with Gasteiger partial charge in [-0.3, -0.25) is 14.3 Å². The average Bonchev–Trinajstić information content (AvgIpc) is 3.85. The zero-order valence-corrected chi connectivity index (χ0v) is 31.1. The van der Waals surface area contributed by atoms with Crippen molar-refractivity contribution in [2.45, 2.75) is 83.7 Å². The molecule has 4 N–H and O–H groups in total. The van der Waals surface area contributed by atoms with Gasteiger partial charge in [0.25, 0.3) is 0 Å². The Labute approximate surface area is 312 Å². The third kappa shape index (κ3) is 9.88. The summed E-state index contributed by atoms with van der Waals surface area (Å²) in [6, 6.07) is 20.6. The summed E-state index contributed by atoms with van der Waals surface area (Å²) in [5.74, 6) is 0.958. The lowest BCUT2D eigenvalue weighted by Crippen LogP contribution is -2.48. The molecule has 2 atom stereocenters. The number of fused-ring (bicyclic) bond motifs is 1. The van der Waals surface area contributed by atoms with E-state index in [1.807, 2.05) is 30.5 Å². The van der Waals surface area contributed by atoms with E-state index in [1.54, 1.807) is 6.33 Å². The van der Waals surface area contributed by atoms with E-state index >= 15 is 0 Å². The van der Waals surface area contributed by atoms with Gasteiger partial charge in [-0.15, -0.1) is 0 Å². The summed E-state index contributed by atoms with van der Waals surface area (Å²) in [6.45, 7) is 10.2. The Bertz CT molecular complexity index is 1810. The minimum absolute atomic E-state index is 0.0528. The predicted molar refractivity (Wildman–Crippen MR) is 208 cm³/mol. The lowest BCUT2D eigenvalue weighted by atomic mass is 9.91. The number of aromatic nitrogens is 4. The van der Waals surface area contributed by atoms with Crippen LogP contribution in [-0.4, -0.2) is 81.2 Å². The van der Waals surface area contributed by atoms with Crippen LogP contribution in [0, 0.1) is 0 Å². The Balaban J connectivity index is 1.17. The number of imidazole rings is 1. The number of piperidine rings is 1. The smallest absolute Gasteiger partial charge is 0.315 e. The van der Waals surface area contributed by atoms with Crippen molar-refractivity contribution in [1.29, 1.82) is 0 Å². The number of hydrogen-bond acceptors (Lipinski definition) is 8. The fraction of sp³-hybridized carbons (Fsp3) is 0.439. The highest BCUT2D eigenvalue weighted by atomic mass is 16.5. The maximum absolute atomic E-state index is 13.2. The molecular formula is C41H53N9O3. The van der Waals surface area contributed by atoms with Crippen LogP contribution >= 0.6 is 0 Å². The summed E-state index contributed by atoms with van der Waals surface area (Å²) in [5.41, 5.74) is 4.95. The molecule has 0 saturated carbocycles. The Kier molecular flexibility index (Phi) is 13.2.